The zero-order valence-corrected chi connectivity index (χ0v) is 18.8. The Kier molecular flexibility index (Phi) is 7.04. The lowest BCUT2D eigenvalue weighted by atomic mass is 9.84. The van der Waals surface area contributed by atoms with Gasteiger partial charge in [-0.05, 0) is 65.0 Å². The molecule has 3 aliphatic heterocycles. The zero-order chi connectivity index (χ0) is 20.8. The van der Waals surface area contributed by atoms with Gasteiger partial charge in [-0.3, -0.25) is 9.89 Å². The highest BCUT2D eigenvalue weighted by molar-refractivity contribution is 5.80. The minimum absolute atomic E-state index is 0.266. The normalized spacial score (nSPS) is 24.1. The van der Waals surface area contributed by atoms with Crippen LogP contribution in [-0.4, -0.2) is 109 Å². The van der Waals surface area contributed by atoms with Gasteiger partial charge in [-0.2, -0.15) is 0 Å². The van der Waals surface area contributed by atoms with Crippen molar-refractivity contribution < 1.29 is 0 Å². The Morgan fingerprint density at radius 2 is 1.63 bits per heavy atom. The van der Waals surface area contributed by atoms with Crippen molar-refractivity contribution >= 4 is 11.9 Å². The molecule has 3 saturated heterocycles. The van der Waals surface area contributed by atoms with Gasteiger partial charge in [0.05, 0.1) is 0 Å². The monoisotopic (exact) mass is 414 g/mol. The average Bonchev–Trinajstić information content (AvgIpc) is 2.82. The molecule has 0 aliphatic carbocycles. The molecule has 0 unspecified atom stereocenters. The molecule has 0 amide bonds. The van der Waals surface area contributed by atoms with Gasteiger partial charge in [-0.15, -0.1) is 0 Å². The van der Waals surface area contributed by atoms with Crippen LogP contribution < -0.4 is 10.2 Å². The second-order valence-electron chi connectivity index (χ2n) is 9.00. The predicted molar refractivity (Wildman–Crippen MR) is 122 cm³/mol. The van der Waals surface area contributed by atoms with Gasteiger partial charge in [0.15, 0.2) is 5.96 Å². The topological polar surface area (TPSA) is 63.1 Å². The van der Waals surface area contributed by atoms with Gasteiger partial charge in [0.25, 0.3) is 0 Å². The van der Waals surface area contributed by atoms with Gasteiger partial charge in [0.1, 0.15) is 0 Å². The summed E-state index contributed by atoms with van der Waals surface area (Å²) < 4.78 is 0. The molecule has 4 rings (SSSR count). The van der Waals surface area contributed by atoms with Crippen molar-refractivity contribution in [3.05, 3.63) is 18.5 Å². The molecular formula is C22H38N8. The maximum atomic E-state index is 4.64. The number of guanidine groups is 1. The van der Waals surface area contributed by atoms with Crippen molar-refractivity contribution in [3.63, 3.8) is 0 Å². The summed E-state index contributed by atoms with van der Waals surface area (Å²) in [6.45, 7) is 9.60. The number of aromatic nitrogens is 2. The highest BCUT2D eigenvalue weighted by Gasteiger charge is 2.40. The van der Waals surface area contributed by atoms with Crippen LogP contribution in [0.4, 0.5) is 5.95 Å². The highest BCUT2D eigenvalue weighted by Crippen LogP contribution is 2.31. The Balaban J connectivity index is 1.35. The Morgan fingerprint density at radius 3 is 2.27 bits per heavy atom. The quantitative estimate of drug-likeness (QED) is 0.585. The Morgan fingerprint density at radius 1 is 0.967 bits per heavy atom. The molecule has 8 heteroatoms. The van der Waals surface area contributed by atoms with Crippen LogP contribution in [0.1, 0.15) is 32.1 Å². The zero-order valence-electron chi connectivity index (χ0n) is 18.8. The van der Waals surface area contributed by atoms with Crippen LogP contribution >= 0.6 is 0 Å². The lowest BCUT2D eigenvalue weighted by Crippen LogP contribution is -2.63. The number of nitrogens with zero attached hydrogens (tertiary/aromatic N) is 7. The molecule has 0 saturated carbocycles. The van der Waals surface area contributed by atoms with Crippen molar-refractivity contribution in [2.45, 2.75) is 37.6 Å². The first-order valence-electron chi connectivity index (χ1n) is 11.6. The number of anilines is 1. The maximum absolute atomic E-state index is 4.64. The Labute approximate surface area is 181 Å². The summed E-state index contributed by atoms with van der Waals surface area (Å²) in [5, 5.41) is 3.78. The van der Waals surface area contributed by atoms with E-state index in [1.54, 1.807) is 0 Å². The number of nitrogens with one attached hydrogen (secondary N) is 1. The van der Waals surface area contributed by atoms with E-state index in [-0.39, 0.29) is 5.54 Å². The minimum atomic E-state index is 0.266. The lowest BCUT2D eigenvalue weighted by Gasteiger charge is -2.50. The molecule has 1 aromatic rings. The molecular weight excluding hydrogens is 376 g/mol. The van der Waals surface area contributed by atoms with Gasteiger partial charge in [-0.25, -0.2) is 9.97 Å². The molecule has 4 heterocycles. The van der Waals surface area contributed by atoms with Crippen molar-refractivity contribution in [3.8, 4) is 0 Å². The Bertz CT molecular complexity index is 672. The van der Waals surface area contributed by atoms with E-state index in [2.05, 4.69) is 46.9 Å². The molecule has 0 radical (unpaired) electrons. The summed E-state index contributed by atoms with van der Waals surface area (Å²) in [5.74, 6) is 1.87. The standard InChI is InChI=1S/C22H38N8/c1-23-20(28-15-17-29(18-16-28)21-24-9-6-10-25-21)26-19-22(7-13-27(2)14-8-22)30-11-4-3-5-12-30/h6,9-10H,3-5,7-8,11-19H2,1-2H3,(H,23,26). The van der Waals surface area contributed by atoms with Gasteiger partial charge in [0, 0.05) is 57.7 Å². The number of rotatable bonds is 4. The van der Waals surface area contributed by atoms with Crippen molar-refractivity contribution in [1.29, 1.82) is 0 Å². The van der Waals surface area contributed by atoms with Crippen LogP contribution in [-0.2, 0) is 0 Å². The first-order valence-corrected chi connectivity index (χ1v) is 11.6. The van der Waals surface area contributed by atoms with E-state index in [0.717, 1.165) is 44.6 Å². The van der Waals surface area contributed by atoms with Crippen LogP contribution in [0.25, 0.3) is 0 Å². The summed E-state index contributed by atoms with van der Waals surface area (Å²) in [7, 11) is 4.17. The molecule has 0 aromatic carbocycles. The second kappa shape index (κ2) is 9.92. The number of hydrogen-bond acceptors (Lipinski definition) is 6. The molecule has 1 N–H and O–H groups in total. The molecule has 30 heavy (non-hydrogen) atoms. The van der Waals surface area contributed by atoms with E-state index >= 15 is 0 Å². The van der Waals surface area contributed by atoms with Crippen molar-refractivity contribution in [1.82, 2.24) is 30.0 Å². The number of piperazine rings is 1. The van der Waals surface area contributed by atoms with E-state index in [1.165, 1.54) is 58.3 Å². The van der Waals surface area contributed by atoms with Crippen molar-refractivity contribution in [2.75, 3.05) is 77.9 Å². The maximum Gasteiger partial charge on any atom is 0.225 e. The number of hydrogen-bond donors (Lipinski definition) is 1. The van der Waals surface area contributed by atoms with Gasteiger partial charge < -0.3 is 20.0 Å². The third-order valence-corrected chi connectivity index (χ3v) is 7.15. The van der Waals surface area contributed by atoms with E-state index in [0.29, 0.717) is 0 Å². The molecule has 0 bridgehead atoms. The molecule has 0 spiro atoms. The summed E-state index contributed by atoms with van der Waals surface area (Å²) in [5.41, 5.74) is 0.266. The summed E-state index contributed by atoms with van der Waals surface area (Å²) >= 11 is 0. The van der Waals surface area contributed by atoms with Crippen LogP contribution in [0.5, 0.6) is 0 Å². The van der Waals surface area contributed by atoms with Crippen LogP contribution in [0, 0.1) is 0 Å². The molecule has 166 valence electrons. The predicted octanol–water partition coefficient (Wildman–Crippen LogP) is 1.12. The minimum Gasteiger partial charge on any atom is -0.354 e. The van der Waals surface area contributed by atoms with Gasteiger partial charge in [0.2, 0.25) is 5.95 Å². The number of aliphatic imine (C=N–C) groups is 1. The van der Waals surface area contributed by atoms with E-state index in [4.69, 9.17) is 0 Å². The van der Waals surface area contributed by atoms with Crippen molar-refractivity contribution in [2.24, 2.45) is 4.99 Å². The number of likely N-dealkylation sites (tertiary alicyclic amines) is 2. The third-order valence-electron chi connectivity index (χ3n) is 7.15. The molecule has 3 fully saturated rings. The third kappa shape index (κ3) is 4.86. The smallest absolute Gasteiger partial charge is 0.225 e. The fraction of sp³-hybridized carbons (Fsp3) is 0.773. The van der Waals surface area contributed by atoms with Crippen LogP contribution in [0.3, 0.4) is 0 Å². The molecule has 0 atom stereocenters. The second-order valence-corrected chi connectivity index (χ2v) is 9.00. The molecule has 8 nitrogen and oxygen atoms in total. The number of piperidine rings is 2. The van der Waals surface area contributed by atoms with Crippen LogP contribution in [0.15, 0.2) is 23.5 Å². The fourth-order valence-corrected chi connectivity index (χ4v) is 5.16. The average molecular weight is 415 g/mol. The first-order chi connectivity index (χ1) is 14.7. The summed E-state index contributed by atoms with van der Waals surface area (Å²) in [6, 6.07) is 1.87. The highest BCUT2D eigenvalue weighted by atomic mass is 15.4. The van der Waals surface area contributed by atoms with Gasteiger partial charge >= 0.3 is 0 Å². The summed E-state index contributed by atoms with van der Waals surface area (Å²) in [6.07, 6.45) is 10.2. The SMILES string of the molecule is CN=C(NCC1(N2CCCCC2)CCN(C)CC1)N1CCN(c2ncccn2)CC1. The Hall–Kier alpha value is -1.93. The van der Waals surface area contributed by atoms with E-state index in [1.807, 2.05) is 25.5 Å². The molecule has 1 aromatic heterocycles. The van der Waals surface area contributed by atoms with Gasteiger partial charge in [-0.1, -0.05) is 6.42 Å². The van der Waals surface area contributed by atoms with E-state index < -0.39 is 0 Å². The largest absolute Gasteiger partial charge is 0.354 e. The molecule has 3 aliphatic rings. The van der Waals surface area contributed by atoms with Crippen LogP contribution in [0.2, 0.25) is 0 Å². The fourth-order valence-electron chi connectivity index (χ4n) is 5.16. The van der Waals surface area contributed by atoms with E-state index in [9.17, 15) is 0 Å². The summed E-state index contributed by atoms with van der Waals surface area (Å²) in [4.78, 5) is 23.3. The first kappa shape index (κ1) is 21.3. The lowest BCUT2D eigenvalue weighted by molar-refractivity contribution is 0.0169.